The molecule has 1 saturated heterocycles. The number of anilines is 2. The third-order valence-electron chi connectivity index (χ3n) is 7.14. The van der Waals surface area contributed by atoms with Crippen LogP contribution in [0.25, 0.3) is 10.2 Å². The van der Waals surface area contributed by atoms with E-state index in [4.69, 9.17) is 14.2 Å². The van der Waals surface area contributed by atoms with Crippen LogP contribution in [0.1, 0.15) is 46.0 Å². The van der Waals surface area contributed by atoms with E-state index in [-0.39, 0.29) is 16.8 Å². The Labute approximate surface area is 266 Å². The fourth-order valence-electron chi connectivity index (χ4n) is 5.16. The Morgan fingerprint density at radius 2 is 1.61 bits per heavy atom. The zero-order valence-electron chi connectivity index (χ0n) is 25.7. The number of hydrogen-bond donors (Lipinski definition) is 2. The van der Waals surface area contributed by atoms with E-state index in [9.17, 15) is 22.8 Å². The first-order valence-corrected chi connectivity index (χ1v) is 15.1. The number of alkyl halides is 2. The third-order valence-corrected chi connectivity index (χ3v) is 8.15. The molecule has 4 aromatic rings. The number of rotatable bonds is 6. The van der Waals surface area contributed by atoms with Gasteiger partial charge in [-0.1, -0.05) is 13.8 Å². The van der Waals surface area contributed by atoms with Crippen molar-refractivity contribution in [2.75, 3.05) is 38.1 Å². The largest absolute Gasteiger partial charge is 0.586 e. The molecule has 0 bridgehead atoms. The number of aryl methyl sites for hydroxylation is 1. The summed E-state index contributed by atoms with van der Waals surface area (Å²) < 4.78 is 66.3. The number of halogens is 3. The van der Waals surface area contributed by atoms with Crippen molar-refractivity contribution >= 4 is 44.7 Å². The second kappa shape index (κ2) is 13.4. The van der Waals surface area contributed by atoms with Crippen LogP contribution in [0.3, 0.4) is 0 Å². The molecule has 2 amide bonds. The molecule has 1 aromatic heterocycles. The van der Waals surface area contributed by atoms with E-state index in [1.54, 1.807) is 19.1 Å². The van der Waals surface area contributed by atoms with Gasteiger partial charge in [-0.05, 0) is 49.4 Å². The van der Waals surface area contributed by atoms with E-state index in [1.165, 1.54) is 50.2 Å². The molecular weight excluding hydrogens is 627 g/mol. The predicted octanol–water partition coefficient (Wildman–Crippen LogP) is 7.27. The van der Waals surface area contributed by atoms with Crippen LogP contribution >= 0.6 is 11.3 Å². The molecule has 244 valence electrons. The number of aromatic nitrogens is 1. The topological polar surface area (TPSA) is 117 Å². The maximum atomic E-state index is 14.6. The molecule has 10 nitrogen and oxygen atoms in total. The Bertz CT molecular complexity index is 1770. The number of nitrogens with zero attached hydrogens (tertiary/aromatic N) is 1. The maximum absolute atomic E-state index is 14.6. The van der Waals surface area contributed by atoms with Crippen LogP contribution in [0.2, 0.25) is 0 Å². The van der Waals surface area contributed by atoms with E-state index in [1.807, 2.05) is 0 Å². The van der Waals surface area contributed by atoms with Crippen molar-refractivity contribution in [2.45, 2.75) is 33.5 Å². The number of thiazole rings is 1. The van der Waals surface area contributed by atoms with Gasteiger partial charge in [0.15, 0.2) is 17.3 Å². The molecule has 1 fully saturated rings. The minimum absolute atomic E-state index is 0.0415. The van der Waals surface area contributed by atoms with Crippen LogP contribution in [0, 0.1) is 24.6 Å². The van der Waals surface area contributed by atoms with E-state index >= 15 is 0 Å². The molecule has 0 spiro atoms. The van der Waals surface area contributed by atoms with E-state index in [0.29, 0.717) is 27.8 Å². The minimum Gasteiger partial charge on any atom is -0.497 e. The summed E-state index contributed by atoms with van der Waals surface area (Å²) in [6.07, 6.45) is -2.61. The molecule has 2 N–H and O–H groups in total. The quantitative estimate of drug-likeness (QED) is 0.222. The number of benzene rings is 3. The number of carbonyl (C=O) groups is 2. The van der Waals surface area contributed by atoms with Crippen LogP contribution in [0.5, 0.6) is 23.0 Å². The van der Waals surface area contributed by atoms with Crippen LogP contribution in [0.4, 0.5) is 24.5 Å². The lowest BCUT2D eigenvalue weighted by Crippen LogP contribution is -2.25. The standard InChI is InChI=1S/C25H18F3N3O6S.C7H14O/c1-11-29-15-6-7-18(35-3)21(22(15)38-11)24(33)30-16-8-12(34-2)4-5-13(16)23(32)31-17-10-20-19(9-14(17)26)36-25(27,28)37-20;1-6-3-7(2)5-8-4-6/h4-10H,1-3H3,(H,30,33)(H,31,32);6-7H,3-5H2,1-2H3. The summed E-state index contributed by atoms with van der Waals surface area (Å²) in [6, 6.07) is 9.13. The van der Waals surface area contributed by atoms with Gasteiger partial charge in [-0.2, -0.15) is 0 Å². The highest BCUT2D eigenvalue weighted by atomic mass is 32.1. The van der Waals surface area contributed by atoms with Crippen LogP contribution in [-0.2, 0) is 4.74 Å². The van der Waals surface area contributed by atoms with Crippen molar-refractivity contribution in [3.05, 3.63) is 64.4 Å². The normalized spacial score (nSPS) is 17.9. The Morgan fingerprint density at radius 1 is 0.935 bits per heavy atom. The second-order valence-electron chi connectivity index (χ2n) is 11.0. The van der Waals surface area contributed by atoms with E-state index < -0.39 is 41.1 Å². The second-order valence-corrected chi connectivity index (χ2v) is 12.2. The smallest absolute Gasteiger partial charge is 0.497 e. The molecular formula is C32H32F3N3O7S. The average molecular weight is 660 g/mol. The fourth-order valence-corrected chi connectivity index (χ4v) is 6.11. The van der Waals surface area contributed by atoms with Crippen molar-refractivity contribution < 1.29 is 46.4 Å². The number of ether oxygens (including phenoxy) is 5. The van der Waals surface area contributed by atoms with Gasteiger partial charge in [-0.25, -0.2) is 9.37 Å². The number of fused-ring (bicyclic) bond motifs is 2. The van der Waals surface area contributed by atoms with Crippen LogP contribution in [0.15, 0.2) is 42.5 Å². The van der Waals surface area contributed by atoms with Gasteiger partial charge in [0.1, 0.15) is 17.1 Å². The lowest BCUT2D eigenvalue weighted by molar-refractivity contribution is -0.286. The van der Waals surface area contributed by atoms with Crippen molar-refractivity contribution in [1.29, 1.82) is 0 Å². The van der Waals surface area contributed by atoms with Gasteiger partial charge < -0.3 is 34.3 Å². The molecule has 2 atom stereocenters. The van der Waals surface area contributed by atoms with Gasteiger partial charge in [0.25, 0.3) is 11.8 Å². The lowest BCUT2D eigenvalue weighted by Gasteiger charge is -2.23. The van der Waals surface area contributed by atoms with Gasteiger partial charge in [-0.3, -0.25) is 9.59 Å². The van der Waals surface area contributed by atoms with E-state index in [2.05, 4.69) is 38.9 Å². The first kappa shape index (κ1) is 32.8. The Hall–Kier alpha value is -4.56. The molecule has 3 heterocycles. The summed E-state index contributed by atoms with van der Waals surface area (Å²) in [5.74, 6) is -1.22. The van der Waals surface area contributed by atoms with Crippen molar-refractivity contribution in [2.24, 2.45) is 11.8 Å². The van der Waals surface area contributed by atoms with Gasteiger partial charge in [0, 0.05) is 31.4 Å². The monoisotopic (exact) mass is 659 g/mol. The summed E-state index contributed by atoms with van der Waals surface area (Å²) in [7, 11) is 2.83. The van der Waals surface area contributed by atoms with Gasteiger partial charge in [0.05, 0.1) is 46.4 Å². The summed E-state index contributed by atoms with van der Waals surface area (Å²) in [5, 5.41) is 5.75. The summed E-state index contributed by atoms with van der Waals surface area (Å²) in [4.78, 5) is 31.0. The molecule has 6 rings (SSSR count). The number of methoxy groups -OCH3 is 2. The molecule has 2 aliphatic rings. The number of carbonyl (C=O) groups excluding carboxylic acids is 2. The highest BCUT2D eigenvalue weighted by Gasteiger charge is 2.44. The first-order chi connectivity index (χ1) is 21.9. The van der Waals surface area contributed by atoms with Crippen molar-refractivity contribution in [3.8, 4) is 23.0 Å². The third kappa shape index (κ3) is 7.29. The molecule has 46 heavy (non-hydrogen) atoms. The molecule has 3 aromatic carbocycles. The Balaban J connectivity index is 0.000000455. The number of nitrogens with one attached hydrogen (secondary N) is 2. The molecule has 2 unspecified atom stereocenters. The van der Waals surface area contributed by atoms with Crippen LogP contribution < -0.4 is 29.6 Å². The molecule has 14 heteroatoms. The zero-order valence-corrected chi connectivity index (χ0v) is 26.5. The lowest BCUT2D eigenvalue weighted by atomic mass is 9.96. The van der Waals surface area contributed by atoms with Crippen molar-refractivity contribution in [3.63, 3.8) is 0 Å². The molecule has 0 aliphatic carbocycles. The van der Waals surface area contributed by atoms with Gasteiger partial charge in [-0.15, -0.1) is 20.1 Å². The molecule has 2 aliphatic heterocycles. The molecule has 0 saturated carbocycles. The summed E-state index contributed by atoms with van der Waals surface area (Å²) in [6.45, 7) is 8.25. The van der Waals surface area contributed by atoms with Gasteiger partial charge >= 0.3 is 6.29 Å². The van der Waals surface area contributed by atoms with E-state index in [0.717, 1.165) is 36.1 Å². The van der Waals surface area contributed by atoms with Gasteiger partial charge in [0.2, 0.25) is 0 Å². The minimum atomic E-state index is -3.95. The average Bonchev–Trinajstić information content (AvgIpc) is 3.52. The fraction of sp³-hybridized carbons (Fsp3) is 0.344. The number of hydrogen-bond acceptors (Lipinski definition) is 9. The molecule has 0 radical (unpaired) electrons. The first-order valence-electron chi connectivity index (χ1n) is 14.3. The Kier molecular flexibility index (Phi) is 9.58. The number of amides is 2. The highest BCUT2D eigenvalue weighted by Crippen LogP contribution is 2.43. The maximum Gasteiger partial charge on any atom is 0.586 e. The Morgan fingerprint density at radius 3 is 2.24 bits per heavy atom. The predicted molar refractivity (Wildman–Crippen MR) is 166 cm³/mol. The SMILES string of the molecule is CC1COCC(C)C1.COc1ccc(C(=O)Nc2cc3c(cc2F)OC(F)(F)O3)c(NC(=O)c2c(OC)ccc3nc(C)sc23)c1. The summed E-state index contributed by atoms with van der Waals surface area (Å²) >= 11 is 1.31. The summed E-state index contributed by atoms with van der Waals surface area (Å²) in [5.41, 5.74) is 0.362. The zero-order chi connectivity index (χ0) is 33.2. The van der Waals surface area contributed by atoms with Crippen LogP contribution in [-0.4, -0.2) is 50.5 Å². The highest BCUT2D eigenvalue weighted by molar-refractivity contribution is 7.19. The van der Waals surface area contributed by atoms with Crippen molar-refractivity contribution in [1.82, 2.24) is 4.98 Å².